The van der Waals surface area contributed by atoms with Crippen molar-refractivity contribution in [1.82, 2.24) is 9.80 Å². The van der Waals surface area contributed by atoms with Gasteiger partial charge in [-0.1, -0.05) is 24.6 Å². The average molecular weight is 476 g/mol. The summed E-state index contributed by atoms with van der Waals surface area (Å²) in [5.74, 6) is 0.114. The molecule has 1 aliphatic rings. The summed E-state index contributed by atoms with van der Waals surface area (Å²) in [7, 11) is 0.0899. The fourth-order valence-corrected chi connectivity index (χ4v) is 4.84. The predicted molar refractivity (Wildman–Crippen MR) is 128 cm³/mol. The molecule has 0 saturated heterocycles. The van der Waals surface area contributed by atoms with Crippen LogP contribution in [-0.4, -0.2) is 75.2 Å². The average Bonchev–Trinajstić information content (AvgIpc) is 2.76. The van der Waals surface area contributed by atoms with Crippen LogP contribution in [0.2, 0.25) is 0 Å². The molecule has 0 aliphatic carbocycles. The van der Waals surface area contributed by atoms with Gasteiger partial charge in [0.15, 0.2) is 0 Å². The Morgan fingerprint density at radius 3 is 2.48 bits per heavy atom. The summed E-state index contributed by atoms with van der Waals surface area (Å²) in [6, 6.07) is 10.9. The second-order valence-corrected chi connectivity index (χ2v) is 10.7. The summed E-state index contributed by atoms with van der Waals surface area (Å²) in [6.45, 7) is 6.59. The smallest absolute Gasteiger partial charge is 0.261 e. The van der Waals surface area contributed by atoms with Crippen LogP contribution in [-0.2, 0) is 10.0 Å². The maximum Gasteiger partial charge on any atom is 0.261 e. The minimum absolute atomic E-state index is 0.0261. The van der Waals surface area contributed by atoms with Gasteiger partial charge in [0.25, 0.3) is 15.9 Å². The Hall–Kier alpha value is -2.62. The Morgan fingerprint density at radius 1 is 1.21 bits per heavy atom. The molecule has 3 rings (SSSR count). The summed E-state index contributed by atoms with van der Waals surface area (Å²) in [5, 5.41) is 9.74. The molecule has 1 aliphatic heterocycles. The van der Waals surface area contributed by atoms with Crippen molar-refractivity contribution in [3.63, 3.8) is 0 Å². The molecule has 0 fully saturated rings. The van der Waals surface area contributed by atoms with E-state index in [9.17, 15) is 18.3 Å². The van der Waals surface area contributed by atoms with E-state index in [1.807, 2.05) is 32.8 Å². The van der Waals surface area contributed by atoms with Crippen molar-refractivity contribution >= 4 is 21.6 Å². The molecule has 2 aromatic rings. The van der Waals surface area contributed by atoms with Gasteiger partial charge in [-0.25, -0.2) is 8.42 Å². The second kappa shape index (κ2) is 10.1. The third-order valence-corrected chi connectivity index (χ3v) is 7.19. The van der Waals surface area contributed by atoms with Crippen LogP contribution in [0.3, 0.4) is 0 Å². The van der Waals surface area contributed by atoms with Gasteiger partial charge in [-0.15, -0.1) is 0 Å². The van der Waals surface area contributed by atoms with Gasteiger partial charge in [0, 0.05) is 24.7 Å². The van der Waals surface area contributed by atoms with Crippen molar-refractivity contribution in [3.8, 4) is 5.75 Å². The number of sulfonamides is 1. The van der Waals surface area contributed by atoms with Gasteiger partial charge in [-0.2, -0.15) is 0 Å². The minimum atomic E-state index is -3.82. The van der Waals surface area contributed by atoms with Crippen LogP contribution in [0.4, 0.5) is 5.69 Å². The normalized spacial score (nSPS) is 20.0. The zero-order chi connectivity index (χ0) is 24.3. The van der Waals surface area contributed by atoms with Crippen LogP contribution < -0.4 is 9.46 Å². The van der Waals surface area contributed by atoms with Crippen molar-refractivity contribution in [2.24, 2.45) is 5.92 Å². The van der Waals surface area contributed by atoms with Crippen LogP contribution in [0.5, 0.6) is 5.75 Å². The number of ether oxygens (including phenoxy) is 1. The lowest BCUT2D eigenvalue weighted by molar-refractivity contribution is 0.0363. The second-order valence-electron chi connectivity index (χ2n) is 9.01. The first-order chi connectivity index (χ1) is 15.5. The fourth-order valence-electron chi connectivity index (χ4n) is 3.80. The molecule has 8 nitrogen and oxygen atoms in total. The standard InChI is InChI=1S/C24H33N3O5S/c1-16-6-9-20(10-7-16)33(30,31)25-19-8-11-22-21(12-19)24(29)27(18(3)15-28)13-17(2)23(32-22)14-26(4)5/h6-12,17-18,23,25,28H,13-15H2,1-5H3/t17-,18-,23-/m0/s1. The molecule has 2 N–H and O–H groups in total. The molecule has 2 aromatic carbocycles. The molecule has 9 heteroatoms. The maximum absolute atomic E-state index is 13.4. The molecular formula is C24H33N3O5S. The Balaban J connectivity index is 2.00. The van der Waals surface area contributed by atoms with Crippen molar-refractivity contribution < 1.29 is 23.1 Å². The number of rotatable bonds is 7. The number of nitrogens with zero attached hydrogens (tertiary/aromatic N) is 2. The molecule has 0 aromatic heterocycles. The fraction of sp³-hybridized carbons (Fsp3) is 0.458. The largest absolute Gasteiger partial charge is 0.488 e. The summed E-state index contributed by atoms with van der Waals surface area (Å²) in [6.07, 6.45) is -0.185. The number of hydrogen-bond donors (Lipinski definition) is 2. The number of carbonyl (C=O) groups excluding carboxylic acids is 1. The lowest BCUT2D eigenvalue weighted by Gasteiger charge is -2.37. The zero-order valence-electron chi connectivity index (χ0n) is 19.8. The molecule has 3 atom stereocenters. The van der Waals surface area contributed by atoms with E-state index in [0.29, 0.717) is 18.8 Å². The highest BCUT2D eigenvalue weighted by atomic mass is 32.2. The Kier molecular flexibility index (Phi) is 7.66. The topological polar surface area (TPSA) is 99.2 Å². The Morgan fingerprint density at radius 2 is 1.88 bits per heavy atom. The number of nitrogens with one attached hydrogen (secondary N) is 1. The Labute approximate surface area is 196 Å². The molecule has 0 unspecified atom stereocenters. The first-order valence-corrected chi connectivity index (χ1v) is 12.5. The quantitative estimate of drug-likeness (QED) is 0.639. The highest BCUT2D eigenvalue weighted by Crippen LogP contribution is 2.31. The number of hydrogen-bond acceptors (Lipinski definition) is 6. The van der Waals surface area contributed by atoms with E-state index in [0.717, 1.165) is 5.56 Å². The molecule has 0 saturated carbocycles. The Bertz CT molecular complexity index is 1090. The maximum atomic E-state index is 13.4. The highest BCUT2D eigenvalue weighted by Gasteiger charge is 2.33. The van der Waals surface area contributed by atoms with Gasteiger partial charge < -0.3 is 19.6 Å². The number of aliphatic hydroxyl groups is 1. The summed E-state index contributed by atoms with van der Waals surface area (Å²) >= 11 is 0. The van der Waals surface area contributed by atoms with Crippen LogP contribution in [0.1, 0.15) is 29.8 Å². The van der Waals surface area contributed by atoms with E-state index in [1.54, 1.807) is 36.1 Å². The molecule has 0 bridgehead atoms. The SMILES string of the molecule is Cc1ccc(S(=O)(=O)Nc2ccc3c(c2)C(=O)N([C@@H](C)CO)C[C@H](C)[C@H](CN(C)C)O3)cc1. The van der Waals surface area contributed by atoms with Crippen molar-refractivity contribution in [2.45, 2.75) is 37.8 Å². The predicted octanol–water partition coefficient (Wildman–Crippen LogP) is 2.58. The van der Waals surface area contributed by atoms with Gasteiger partial charge in [0.05, 0.1) is 23.1 Å². The van der Waals surface area contributed by atoms with E-state index < -0.39 is 10.0 Å². The van der Waals surface area contributed by atoms with Crippen molar-refractivity contribution in [1.29, 1.82) is 0 Å². The number of anilines is 1. The van der Waals surface area contributed by atoms with E-state index in [1.165, 1.54) is 18.2 Å². The van der Waals surface area contributed by atoms with Gasteiger partial charge in [-0.05, 0) is 58.3 Å². The van der Waals surface area contributed by atoms with Crippen molar-refractivity contribution in [2.75, 3.05) is 38.5 Å². The highest BCUT2D eigenvalue weighted by molar-refractivity contribution is 7.92. The lowest BCUT2D eigenvalue weighted by atomic mass is 9.99. The number of benzene rings is 2. The van der Waals surface area contributed by atoms with E-state index >= 15 is 0 Å². The van der Waals surface area contributed by atoms with Crippen LogP contribution in [0.25, 0.3) is 0 Å². The summed E-state index contributed by atoms with van der Waals surface area (Å²) < 4.78 is 34.5. The third kappa shape index (κ3) is 5.85. The number of aliphatic hydroxyl groups excluding tert-OH is 1. The molecule has 0 radical (unpaired) electrons. The van der Waals surface area contributed by atoms with Gasteiger partial charge in [-0.3, -0.25) is 9.52 Å². The van der Waals surface area contributed by atoms with E-state index in [-0.39, 0.29) is 46.7 Å². The molecule has 0 spiro atoms. The van der Waals surface area contributed by atoms with Gasteiger partial charge in [0.1, 0.15) is 11.9 Å². The number of fused-ring (bicyclic) bond motifs is 1. The number of amides is 1. The minimum Gasteiger partial charge on any atom is -0.488 e. The summed E-state index contributed by atoms with van der Waals surface area (Å²) in [4.78, 5) is 17.2. The first-order valence-electron chi connectivity index (χ1n) is 11.0. The number of likely N-dealkylation sites (N-methyl/N-ethyl adjacent to an activating group) is 1. The monoisotopic (exact) mass is 475 g/mol. The molecule has 33 heavy (non-hydrogen) atoms. The lowest BCUT2D eigenvalue weighted by Crippen LogP contribution is -2.49. The van der Waals surface area contributed by atoms with Crippen LogP contribution in [0, 0.1) is 12.8 Å². The van der Waals surface area contributed by atoms with Gasteiger partial charge in [0.2, 0.25) is 0 Å². The number of carbonyl (C=O) groups is 1. The molecule has 1 heterocycles. The zero-order valence-corrected chi connectivity index (χ0v) is 20.6. The van der Waals surface area contributed by atoms with Crippen LogP contribution >= 0.6 is 0 Å². The third-order valence-electron chi connectivity index (χ3n) is 5.79. The molecule has 180 valence electrons. The van der Waals surface area contributed by atoms with Crippen molar-refractivity contribution in [3.05, 3.63) is 53.6 Å². The molecular weight excluding hydrogens is 442 g/mol. The summed E-state index contributed by atoms with van der Waals surface area (Å²) in [5.41, 5.74) is 1.48. The first kappa shape index (κ1) is 25.0. The van der Waals surface area contributed by atoms with E-state index in [4.69, 9.17) is 4.74 Å². The van der Waals surface area contributed by atoms with Crippen LogP contribution in [0.15, 0.2) is 47.4 Å². The number of aryl methyl sites for hydroxylation is 1. The van der Waals surface area contributed by atoms with E-state index in [2.05, 4.69) is 4.72 Å². The molecule has 1 amide bonds. The van der Waals surface area contributed by atoms with Gasteiger partial charge >= 0.3 is 0 Å².